The summed E-state index contributed by atoms with van der Waals surface area (Å²) in [7, 11) is 1.58. The second-order valence-corrected chi connectivity index (χ2v) is 5.01. The molecule has 0 aromatic heterocycles. The van der Waals surface area contributed by atoms with Gasteiger partial charge >= 0.3 is 0 Å². The van der Waals surface area contributed by atoms with Crippen molar-refractivity contribution in [3.63, 3.8) is 0 Å². The van der Waals surface area contributed by atoms with Crippen molar-refractivity contribution in [1.29, 1.82) is 5.26 Å². The quantitative estimate of drug-likeness (QED) is 0.737. The molecule has 0 radical (unpaired) electrons. The molecule has 0 aliphatic heterocycles. The molecule has 21 heavy (non-hydrogen) atoms. The van der Waals surface area contributed by atoms with Crippen molar-refractivity contribution >= 4 is 5.91 Å². The van der Waals surface area contributed by atoms with Crippen molar-refractivity contribution in [2.24, 2.45) is 0 Å². The summed E-state index contributed by atoms with van der Waals surface area (Å²) in [6, 6.07) is 9.63. The molecule has 114 valence electrons. The number of carbonyl (C=O) groups is 1. The van der Waals surface area contributed by atoms with E-state index < -0.39 is 5.92 Å². The molecule has 0 heterocycles. The van der Waals surface area contributed by atoms with Crippen LogP contribution in [-0.2, 0) is 4.79 Å². The van der Waals surface area contributed by atoms with Gasteiger partial charge in [0.25, 0.3) is 0 Å². The van der Waals surface area contributed by atoms with Crippen LogP contribution in [0.5, 0.6) is 5.75 Å². The third-order valence-corrected chi connectivity index (χ3v) is 3.39. The zero-order valence-corrected chi connectivity index (χ0v) is 13.1. The van der Waals surface area contributed by atoms with E-state index in [1.54, 1.807) is 7.11 Å². The third kappa shape index (κ3) is 4.78. The number of ether oxygens (including phenoxy) is 1. The minimum atomic E-state index is -0.468. The lowest BCUT2D eigenvalue weighted by molar-refractivity contribution is -0.131. The van der Waals surface area contributed by atoms with E-state index in [1.165, 1.54) is 0 Å². The number of carbonyl (C=O) groups excluding carboxylic acids is 1. The van der Waals surface area contributed by atoms with Crippen molar-refractivity contribution in [1.82, 2.24) is 4.90 Å². The van der Waals surface area contributed by atoms with Gasteiger partial charge in [0.1, 0.15) is 5.75 Å². The van der Waals surface area contributed by atoms with Crippen molar-refractivity contribution in [3.05, 3.63) is 29.8 Å². The molecule has 1 rings (SSSR count). The number of benzene rings is 1. The Morgan fingerprint density at radius 1 is 1.29 bits per heavy atom. The zero-order valence-electron chi connectivity index (χ0n) is 13.1. The van der Waals surface area contributed by atoms with E-state index in [4.69, 9.17) is 4.74 Å². The minimum Gasteiger partial charge on any atom is -0.496 e. The van der Waals surface area contributed by atoms with E-state index in [9.17, 15) is 10.1 Å². The standard InChI is InChI=1S/C17H24N2O2/c1-4-10-19(11-5-2)17(20)12-14(13-18)15-8-6-7-9-16(15)21-3/h6-9,14H,4-5,10-12H2,1-3H3. The van der Waals surface area contributed by atoms with Gasteiger partial charge in [-0.3, -0.25) is 4.79 Å². The molecule has 1 unspecified atom stereocenters. The Hall–Kier alpha value is -2.02. The normalized spacial score (nSPS) is 11.5. The highest BCUT2D eigenvalue weighted by Crippen LogP contribution is 2.28. The maximum atomic E-state index is 12.4. The fourth-order valence-electron chi connectivity index (χ4n) is 2.38. The van der Waals surface area contributed by atoms with Crippen molar-refractivity contribution in [3.8, 4) is 11.8 Å². The van der Waals surface area contributed by atoms with E-state index in [-0.39, 0.29) is 12.3 Å². The molecular weight excluding hydrogens is 264 g/mol. The molecule has 0 spiro atoms. The monoisotopic (exact) mass is 288 g/mol. The van der Waals surface area contributed by atoms with Gasteiger partial charge in [-0.25, -0.2) is 0 Å². The Labute approximate surface area is 127 Å². The van der Waals surface area contributed by atoms with Crippen LogP contribution >= 0.6 is 0 Å². The van der Waals surface area contributed by atoms with E-state index in [1.807, 2.05) is 29.2 Å². The van der Waals surface area contributed by atoms with Crippen LogP contribution in [0.1, 0.15) is 44.6 Å². The van der Waals surface area contributed by atoms with Crippen LogP contribution in [0.15, 0.2) is 24.3 Å². The molecule has 1 atom stereocenters. The first-order chi connectivity index (χ1) is 10.2. The number of hydrogen-bond donors (Lipinski definition) is 0. The Morgan fingerprint density at radius 2 is 1.90 bits per heavy atom. The van der Waals surface area contributed by atoms with Gasteiger partial charge in [0, 0.05) is 25.1 Å². The summed E-state index contributed by atoms with van der Waals surface area (Å²) in [6.45, 7) is 5.60. The van der Waals surface area contributed by atoms with Gasteiger partial charge in [-0.1, -0.05) is 32.0 Å². The van der Waals surface area contributed by atoms with Crippen molar-refractivity contribution in [2.45, 2.75) is 39.0 Å². The van der Waals surface area contributed by atoms with Crippen LogP contribution in [0.4, 0.5) is 0 Å². The number of nitriles is 1. The molecule has 0 bridgehead atoms. The summed E-state index contributed by atoms with van der Waals surface area (Å²) in [5.74, 6) is 0.232. The van der Waals surface area contributed by atoms with Gasteiger partial charge in [0.05, 0.1) is 19.1 Å². The molecule has 1 aromatic rings. The zero-order chi connectivity index (χ0) is 15.7. The van der Waals surface area contributed by atoms with Crippen molar-refractivity contribution in [2.75, 3.05) is 20.2 Å². The van der Waals surface area contributed by atoms with E-state index in [2.05, 4.69) is 19.9 Å². The van der Waals surface area contributed by atoms with Crippen LogP contribution in [-0.4, -0.2) is 31.0 Å². The van der Waals surface area contributed by atoms with Crippen LogP contribution in [0.2, 0.25) is 0 Å². The molecular formula is C17H24N2O2. The van der Waals surface area contributed by atoms with Crippen LogP contribution in [0.25, 0.3) is 0 Å². The van der Waals surface area contributed by atoms with Gasteiger partial charge in [-0.05, 0) is 18.9 Å². The van der Waals surface area contributed by atoms with Gasteiger partial charge in [-0.15, -0.1) is 0 Å². The number of para-hydroxylation sites is 1. The molecule has 0 saturated heterocycles. The highest BCUT2D eigenvalue weighted by molar-refractivity contribution is 5.77. The van der Waals surface area contributed by atoms with E-state index in [0.717, 1.165) is 31.5 Å². The van der Waals surface area contributed by atoms with E-state index >= 15 is 0 Å². The van der Waals surface area contributed by atoms with Gasteiger partial charge < -0.3 is 9.64 Å². The summed E-state index contributed by atoms with van der Waals surface area (Å²) in [4.78, 5) is 14.2. The number of methoxy groups -OCH3 is 1. The third-order valence-electron chi connectivity index (χ3n) is 3.39. The molecule has 0 saturated carbocycles. The van der Waals surface area contributed by atoms with Crippen molar-refractivity contribution < 1.29 is 9.53 Å². The predicted octanol–water partition coefficient (Wildman–Crippen LogP) is 3.34. The Kier molecular flexibility index (Phi) is 7.31. The maximum absolute atomic E-state index is 12.4. The van der Waals surface area contributed by atoms with E-state index in [0.29, 0.717) is 5.75 Å². The second-order valence-electron chi connectivity index (χ2n) is 5.01. The molecule has 4 heteroatoms. The molecule has 0 aliphatic rings. The lowest BCUT2D eigenvalue weighted by Gasteiger charge is -2.23. The number of amides is 1. The Bertz CT molecular complexity index is 488. The van der Waals surface area contributed by atoms with Crippen LogP contribution in [0.3, 0.4) is 0 Å². The molecule has 1 amide bonds. The van der Waals surface area contributed by atoms with Gasteiger partial charge in [0.2, 0.25) is 5.91 Å². The fraction of sp³-hybridized carbons (Fsp3) is 0.529. The average Bonchev–Trinajstić information content (AvgIpc) is 2.52. The SMILES string of the molecule is CCCN(CCC)C(=O)CC(C#N)c1ccccc1OC. The second kappa shape index (κ2) is 9.02. The molecule has 0 aliphatic carbocycles. The first-order valence-electron chi connectivity index (χ1n) is 7.48. The fourth-order valence-corrected chi connectivity index (χ4v) is 2.38. The predicted molar refractivity (Wildman–Crippen MR) is 83.1 cm³/mol. The van der Waals surface area contributed by atoms with Gasteiger partial charge in [-0.2, -0.15) is 5.26 Å². The minimum absolute atomic E-state index is 0.0381. The molecule has 4 nitrogen and oxygen atoms in total. The smallest absolute Gasteiger partial charge is 0.224 e. The number of hydrogen-bond acceptors (Lipinski definition) is 3. The maximum Gasteiger partial charge on any atom is 0.224 e. The van der Waals surface area contributed by atoms with Crippen LogP contribution in [0, 0.1) is 11.3 Å². The molecule has 1 aromatic carbocycles. The molecule has 0 N–H and O–H groups in total. The summed E-state index contributed by atoms with van der Waals surface area (Å²) >= 11 is 0. The number of rotatable bonds is 8. The Balaban J connectivity index is 2.86. The molecule has 0 fully saturated rings. The highest BCUT2D eigenvalue weighted by atomic mass is 16.5. The van der Waals surface area contributed by atoms with Gasteiger partial charge in [0.15, 0.2) is 0 Å². The lowest BCUT2D eigenvalue weighted by atomic mass is 9.95. The average molecular weight is 288 g/mol. The Morgan fingerprint density at radius 3 is 2.43 bits per heavy atom. The van der Waals surface area contributed by atoms with Crippen LogP contribution < -0.4 is 4.74 Å². The number of nitrogens with zero attached hydrogens (tertiary/aromatic N) is 2. The first-order valence-corrected chi connectivity index (χ1v) is 7.48. The first kappa shape index (κ1) is 17.0. The summed E-state index contributed by atoms with van der Waals surface area (Å²) in [5.41, 5.74) is 0.781. The summed E-state index contributed by atoms with van der Waals surface area (Å²) in [6.07, 6.45) is 2.06. The topological polar surface area (TPSA) is 53.3 Å². The summed E-state index contributed by atoms with van der Waals surface area (Å²) in [5, 5.41) is 9.41. The lowest BCUT2D eigenvalue weighted by Crippen LogP contribution is -2.33. The highest BCUT2D eigenvalue weighted by Gasteiger charge is 2.22. The largest absolute Gasteiger partial charge is 0.496 e. The summed E-state index contributed by atoms with van der Waals surface area (Å²) < 4.78 is 5.29.